The van der Waals surface area contributed by atoms with E-state index >= 15 is 0 Å². The Morgan fingerprint density at radius 2 is 1.94 bits per heavy atom. The van der Waals surface area contributed by atoms with Crippen LogP contribution in [0.1, 0.15) is 6.23 Å². The fourth-order valence-electron chi connectivity index (χ4n) is 2.72. The van der Waals surface area contributed by atoms with Gasteiger partial charge in [0.2, 0.25) is 0 Å². The summed E-state index contributed by atoms with van der Waals surface area (Å²) in [5.41, 5.74) is 5.73. The SMILES string of the molecule is Nc1ncnc2c1ncn2[C@@H]1O[C@H](COP(=O)([O-])O[Se](=O)(=O)[O-])[C@@H](OP(=O)([O-])[O-])[C@H]1O. The van der Waals surface area contributed by atoms with Crippen molar-refractivity contribution in [2.75, 3.05) is 12.3 Å². The van der Waals surface area contributed by atoms with Crippen molar-refractivity contribution in [3.05, 3.63) is 12.7 Å². The quantitative estimate of drug-likeness (QED) is 0.230. The van der Waals surface area contributed by atoms with Crippen LogP contribution >= 0.6 is 15.6 Å². The molecule has 1 fully saturated rings. The molecule has 1 aliphatic rings. The van der Waals surface area contributed by atoms with Gasteiger partial charge in [0.25, 0.3) is 0 Å². The molecule has 1 unspecified atom stereocenters. The van der Waals surface area contributed by atoms with Gasteiger partial charge in [-0.3, -0.25) is 0 Å². The van der Waals surface area contributed by atoms with Crippen molar-refractivity contribution in [2.45, 2.75) is 24.5 Å². The number of nitrogens with zero attached hydrogens (tertiary/aromatic N) is 4. The fourth-order valence-corrected chi connectivity index (χ4v) is 5.55. The Balaban J connectivity index is 1.88. The van der Waals surface area contributed by atoms with Crippen LogP contribution < -0.4 is 24.6 Å². The van der Waals surface area contributed by atoms with Crippen molar-refractivity contribution in [1.29, 1.82) is 0 Å². The third-order valence-corrected chi connectivity index (χ3v) is 7.43. The number of ether oxygens (including phenoxy) is 1. The monoisotopic (exact) mass is 551 g/mol. The van der Waals surface area contributed by atoms with Crippen molar-refractivity contribution < 1.29 is 58.2 Å². The zero-order valence-corrected chi connectivity index (χ0v) is 18.2. The third kappa shape index (κ3) is 5.88. The maximum absolute atomic E-state index is 11.4. The molecule has 1 saturated heterocycles. The molecule has 18 nitrogen and oxygen atoms in total. The number of fused-ring (bicyclic) bond motifs is 1. The van der Waals surface area contributed by atoms with Gasteiger partial charge < -0.3 is 0 Å². The van der Waals surface area contributed by atoms with Gasteiger partial charge >= 0.3 is 173 Å². The van der Waals surface area contributed by atoms with E-state index in [2.05, 4.69) is 27.6 Å². The average molecular weight is 550 g/mol. The van der Waals surface area contributed by atoms with Gasteiger partial charge in [-0.05, 0) is 0 Å². The van der Waals surface area contributed by atoms with E-state index in [1.807, 2.05) is 0 Å². The molecule has 0 spiro atoms. The molecule has 3 heterocycles. The van der Waals surface area contributed by atoms with Gasteiger partial charge in [0, 0.05) is 0 Å². The number of hydrogen-bond donors (Lipinski definition) is 2. The van der Waals surface area contributed by atoms with Crippen LogP contribution in [0.3, 0.4) is 0 Å². The molecule has 0 bridgehead atoms. The van der Waals surface area contributed by atoms with Crippen LogP contribution in [0.5, 0.6) is 0 Å². The van der Waals surface area contributed by atoms with Crippen molar-refractivity contribution in [3.63, 3.8) is 0 Å². The Labute approximate surface area is 173 Å². The molecule has 2 aromatic rings. The minimum atomic E-state index is -6.47. The number of aliphatic hydroxyl groups excluding tert-OH is 1. The van der Waals surface area contributed by atoms with E-state index in [-0.39, 0.29) is 17.0 Å². The number of nitrogen functional groups attached to an aromatic ring is 1. The Morgan fingerprint density at radius 1 is 1.26 bits per heavy atom. The summed E-state index contributed by atoms with van der Waals surface area (Å²) in [6.45, 7) is -1.20. The van der Waals surface area contributed by atoms with Gasteiger partial charge in [-0.25, -0.2) is 0 Å². The molecular formula is C10H11N5O13P2Se-4. The second-order valence-corrected chi connectivity index (χ2v) is 10.9. The summed E-state index contributed by atoms with van der Waals surface area (Å²) in [7, 11) is -11.4. The summed E-state index contributed by atoms with van der Waals surface area (Å²) < 4.78 is 72.1. The summed E-state index contributed by atoms with van der Waals surface area (Å²) in [5, 5.41) is 10.5. The summed E-state index contributed by atoms with van der Waals surface area (Å²) >= 11 is -6.47. The molecule has 0 aliphatic carbocycles. The molecule has 0 saturated carbocycles. The molecule has 1 aliphatic heterocycles. The Morgan fingerprint density at radius 3 is 2.55 bits per heavy atom. The fraction of sp³-hybridized carbons (Fsp3) is 0.500. The Kier molecular flexibility index (Phi) is 6.63. The topological polar surface area (TPSA) is 287 Å². The molecule has 174 valence electrons. The van der Waals surface area contributed by atoms with Gasteiger partial charge in [0.1, 0.15) is 0 Å². The van der Waals surface area contributed by atoms with E-state index in [9.17, 15) is 40.8 Å². The van der Waals surface area contributed by atoms with Crippen molar-refractivity contribution in [3.8, 4) is 0 Å². The molecule has 2 aromatic heterocycles. The van der Waals surface area contributed by atoms with Crippen molar-refractivity contribution in [1.82, 2.24) is 19.5 Å². The van der Waals surface area contributed by atoms with E-state index in [1.165, 1.54) is 0 Å². The molecule has 0 aromatic carbocycles. The predicted octanol–water partition coefficient (Wildman–Crippen LogP) is -4.96. The van der Waals surface area contributed by atoms with Gasteiger partial charge in [0.05, 0.1) is 0 Å². The first-order chi connectivity index (χ1) is 14.2. The number of aromatic nitrogens is 4. The Bertz CT molecular complexity index is 1170. The molecular weight excluding hydrogens is 539 g/mol. The molecule has 3 rings (SSSR count). The van der Waals surface area contributed by atoms with Crippen LogP contribution in [0.15, 0.2) is 12.7 Å². The van der Waals surface area contributed by atoms with Crippen LogP contribution in [0.4, 0.5) is 5.82 Å². The van der Waals surface area contributed by atoms with E-state index in [0.717, 1.165) is 17.2 Å². The van der Waals surface area contributed by atoms with Crippen LogP contribution in [-0.4, -0.2) is 62.9 Å². The number of hydrogen-bond acceptors (Lipinski definition) is 17. The molecule has 5 atom stereocenters. The van der Waals surface area contributed by atoms with Crippen LogP contribution in [0.25, 0.3) is 11.2 Å². The molecule has 21 heteroatoms. The van der Waals surface area contributed by atoms with Gasteiger partial charge in [-0.15, -0.1) is 0 Å². The predicted molar refractivity (Wildman–Crippen MR) is 83.9 cm³/mol. The molecule has 0 radical (unpaired) electrons. The summed E-state index contributed by atoms with van der Waals surface area (Å²) in [5.74, 6) is -0.0435. The zero-order chi connectivity index (χ0) is 23.2. The van der Waals surface area contributed by atoms with E-state index < -0.39 is 60.2 Å². The molecule has 3 N–H and O–H groups in total. The summed E-state index contributed by atoms with van der Waals surface area (Å²) in [4.78, 5) is 45.0. The Hall–Kier alpha value is -1.43. The number of nitrogens with two attached hydrogens (primary N) is 1. The van der Waals surface area contributed by atoms with Gasteiger partial charge in [0.15, 0.2) is 0 Å². The first-order valence-corrected chi connectivity index (χ1v) is 13.5. The number of anilines is 1. The summed E-state index contributed by atoms with van der Waals surface area (Å²) in [6, 6.07) is 0. The number of phosphoric ester groups is 2. The standard InChI is InChI=1S/C10H15N5O13P2Se/c11-8-5-9(13-2-12-8)15(3-14-5)10-6(16)7(27-29(17,18)19)4(26-10)1-25-30(20,21)28-31(22,23)24/h2-4,6-7,10,16H,1H2,(H,20,21)(H2,11,12,13)(H2,17,18,19)(H,22,23,24)/p-4/t4-,6-,7-,10-/m1/s1. The second kappa shape index (κ2) is 8.49. The first-order valence-electron chi connectivity index (χ1n) is 7.76. The zero-order valence-electron chi connectivity index (χ0n) is 14.7. The number of aliphatic hydroxyl groups is 1. The molecule has 0 amide bonds. The van der Waals surface area contributed by atoms with E-state index in [4.69, 9.17) is 10.5 Å². The van der Waals surface area contributed by atoms with E-state index in [1.54, 1.807) is 0 Å². The van der Waals surface area contributed by atoms with Gasteiger partial charge in [-0.2, -0.15) is 0 Å². The average Bonchev–Trinajstić information content (AvgIpc) is 3.13. The van der Waals surface area contributed by atoms with Crippen molar-refractivity contribution in [2.24, 2.45) is 0 Å². The van der Waals surface area contributed by atoms with Crippen LogP contribution in [0.2, 0.25) is 0 Å². The number of rotatable bonds is 8. The second-order valence-electron chi connectivity index (χ2n) is 5.88. The normalized spacial score (nSPS) is 26.9. The first kappa shape index (κ1) is 24.2. The maximum atomic E-state index is 11.4. The number of imidazole rings is 1. The van der Waals surface area contributed by atoms with E-state index in [0.29, 0.717) is 0 Å². The minimum absolute atomic E-state index is 0.0164. The number of phosphoric acid groups is 2. The van der Waals surface area contributed by atoms with Crippen LogP contribution in [0, 0.1) is 0 Å². The molecule has 31 heavy (non-hydrogen) atoms. The van der Waals surface area contributed by atoms with Crippen LogP contribution in [-0.2, 0) is 34.2 Å². The van der Waals surface area contributed by atoms with Crippen molar-refractivity contribution >= 4 is 46.0 Å². The third-order valence-electron chi connectivity index (χ3n) is 3.80. The summed E-state index contributed by atoms with van der Waals surface area (Å²) in [6.07, 6.45) is -5.11. The van der Waals surface area contributed by atoms with Gasteiger partial charge in [-0.1, -0.05) is 0 Å².